The van der Waals surface area contributed by atoms with Gasteiger partial charge < -0.3 is 0 Å². The van der Waals surface area contributed by atoms with Crippen molar-refractivity contribution in [1.82, 2.24) is 4.98 Å². The fraction of sp³-hybridized carbons (Fsp3) is 0.0769. The lowest BCUT2D eigenvalue weighted by Gasteiger charge is -2.12. The SMILES string of the molecule is O=C(c1ccc(Cl)cc1Br)c1cnccc1C(F)(F)F. The number of alkyl halides is 3. The van der Waals surface area contributed by atoms with E-state index < -0.39 is 23.1 Å². The van der Waals surface area contributed by atoms with Gasteiger partial charge in [-0.25, -0.2) is 0 Å². The molecule has 0 saturated heterocycles. The first-order chi connectivity index (χ1) is 9.30. The Bertz CT molecular complexity index is 673. The first kappa shape index (κ1) is 15.0. The number of carbonyl (C=O) groups is 1. The number of pyridine rings is 1. The summed E-state index contributed by atoms with van der Waals surface area (Å²) < 4.78 is 39.0. The van der Waals surface area contributed by atoms with E-state index in [1.807, 2.05) is 0 Å². The Labute approximate surface area is 125 Å². The Hall–Kier alpha value is -1.40. The summed E-state index contributed by atoms with van der Waals surface area (Å²) in [5.74, 6) is -0.769. The van der Waals surface area contributed by atoms with Crippen LogP contribution in [0.4, 0.5) is 13.2 Å². The number of rotatable bonds is 2. The van der Waals surface area contributed by atoms with Gasteiger partial charge in [0.15, 0.2) is 5.78 Å². The van der Waals surface area contributed by atoms with E-state index in [2.05, 4.69) is 20.9 Å². The van der Waals surface area contributed by atoms with Crippen LogP contribution in [0.1, 0.15) is 21.5 Å². The summed E-state index contributed by atoms with van der Waals surface area (Å²) in [7, 11) is 0. The van der Waals surface area contributed by atoms with E-state index in [9.17, 15) is 18.0 Å². The smallest absolute Gasteiger partial charge is 0.288 e. The molecule has 1 aromatic carbocycles. The van der Waals surface area contributed by atoms with E-state index in [0.29, 0.717) is 9.50 Å². The number of hydrogen-bond acceptors (Lipinski definition) is 2. The van der Waals surface area contributed by atoms with Gasteiger partial charge in [0.05, 0.1) is 11.1 Å². The van der Waals surface area contributed by atoms with Crippen LogP contribution >= 0.6 is 27.5 Å². The normalized spacial score (nSPS) is 11.4. The summed E-state index contributed by atoms with van der Waals surface area (Å²) >= 11 is 8.85. The zero-order valence-electron chi connectivity index (χ0n) is 9.71. The van der Waals surface area contributed by atoms with Gasteiger partial charge in [-0.05, 0) is 40.2 Å². The molecule has 0 aliphatic rings. The average molecular weight is 365 g/mol. The Kier molecular flexibility index (Phi) is 4.15. The van der Waals surface area contributed by atoms with Gasteiger partial charge in [0.2, 0.25) is 0 Å². The molecule has 0 saturated carbocycles. The van der Waals surface area contributed by atoms with Crippen molar-refractivity contribution in [3.05, 3.63) is 62.8 Å². The van der Waals surface area contributed by atoms with Crippen LogP contribution in [0.2, 0.25) is 5.02 Å². The zero-order chi connectivity index (χ0) is 14.9. The predicted molar refractivity (Wildman–Crippen MR) is 71.8 cm³/mol. The van der Waals surface area contributed by atoms with Crippen LogP contribution in [0.25, 0.3) is 0 Å². The summed E-state index contributed by atoms with van der Waals surface area (Å²) in [5, 5.41) is 0.371. The van der Waals surface area contributed by atoms with Crippen LogP contribution in [0.15, 0.2) is 41.1 Å². The molecule has 0 atom stereocenters. The maximum Gasteiger partial charge on any atom is 0.417 e. The highest BCUT2D eigenvalue weighted by atomic mass is 79.9. The molecule has 7 heteroatoms. The van der Waals surface area contributed by atoms with Crippen molar-refractivity contribution in [2.75, 3.05) is 0 Å². The summed E-state index contributed by atoms with van der Waals surface area (Å²) in [6.07, 6.45) is -2.71. The molecule has 0 bridgehead atoms. The molecule has 2 nitrogen and oxygen atoms in total. The maximum absolute atomic E-state index is 12.9. The highest BCUT2D eigenvalue weighted by molar-refractivity contribution is 9.10. The van der Waals surface area contributed by atoms with E-state index >= 15 is 0 Å². The Balaban J connectivity index is 2.55. The van der Waals surface area contributed by atoms with Crippen molar-refractivity contribution in [1.29, 1.82) is 0 Å². The van der Waals surface area contributed by atoms with Crippen LogP contribution in [0.5, 0.6) is 0 Å². The Morgan fingerprint density at radius 3 is 2.50 bits per heavy atom. The van der Waals surface area contributed by atoms with Crippen molar-refractivity contribution >= 4 is 33.3 Å². The number of carbonyl (C=O) groups excluding carboxylic acids is 1. The largest absolute Gasteiger partial charge is 0.417 e. The van der Waals surface area contributed by atoms with Crippen molar-refractivity contribution < 1.29 is 18.0 Å². The lowest BCUT2D eigenvalue weighted by molar-refractivity contribution is -0.137. The topological polar surface area (TPSA) is 30.0 Å². The van der Waals surface area contributed by atoms with Gasteiger partial charge in [0, 0.05) is 27.5 Å². The lowest BCUT2D eigenvalue weighted by Crippen LogP contribution is -2.14. The van der Waals surface area contributed by atoms with Gasteiger partial charge in [0.1, 0.15) is 0 Å². The third-order valence-corrected chi connectivity index (χ3v) is 3.44. The Morgan fingerprint density at radius 2 is 1.90 bits per heavy atom. The van der Waals surface area contributed by atoms with E-state index in [1.165, 1.54) is 18.2 Å². The molecule has 2 rings (SSSR count). The summed E-state index contributed by atoms with van der Waals surface area (Å²) in [6, 6.07) is 5.01. The average Bonchev–Trinajstić information content (AvgIpc) is 2.37. The molecule has 104 valence electrons. The minimum Gasteiger partial charge on any atom is -0.288 e. The highest BCUT2D eigenvalue weighted by Crippen LogP contribution is 2.33. The summed E-state index contributed by atoms with van der Waals surface area (Å²) in [5.41, 5.74) is -1.42. The quantitative estimate of drug-likeness (QED) is 0.720. The van der Waals surface area contributed by atoms with E-state index in [0.717, 1.165) is 18.5 Å². The van der Waals surface area contributed by atoms with Crippen LogP contribution in [0, 0.1) is 0 Å². The number of nitrogens with zero attached hydrogens (tertiary/aromatic N) is 1. The van der Waals surface area contributed by atoms with E-state index in [-0.39, 0.29) is 5.56 Å². The monoisotopic (exact) mass is 363 g/mol. The van der Waals surface area contributed by atoms with E-state index in [1.54, 1.807) is 0 Å². The molecule has 0 spiro atoms. The fourth-order valence-electron chi connectivity index (χ4n) is 1.64. The minimum absolute atomic E-state index is 0.0906. The second kappa shape index (κ2) is 5.54. The number of benzene rings is 1. The second-order valence-corrected chi connectivity index (χ2v) is 5.16. The van der Waals surface area contributed by atoms with Crippen molar-refractivity contribution in [3.63, 3.8) is 0 Å². The summed E-state index contributed by atoms with van der Waals surface area (Å²) in [6.45, 7) is 0. The maximum atomic E-state index is 12.9. The number of halogens is 5. The summed E-state index contributed by atoms with van der Waals surface area (Å²) in [4.78, 5) is 15.8. The minimum atomic E-state index is -4.62. The van der Waals surface area contributed by atoms with Crippen LogP contribution in [-0.2, 0) is 6.18 Å². The van der Waals surface area contributed by atoms with Gasteiger partial charge in [-0.3, -0.25) is 9.78 Å². The molecule has 1 aromatic heterocycles. The van der Waals surface area contributed by atoms with Crippen molar-refractivity contribution in [2.45, 2.75) is 6.18 Å². The standard InChI is InChI=1S/C13H6BrClF3NO/c14-11-5-7(15)1-2-8(11)12(20)9-6-19-4-3-10(9)13(16,17)18/h1-6H. The highest BCUT2D eigenvalue weighted by Gasteiger charge is 2.35. The molecule has 0 radical (unpaired) electrons. The molecule has 2 aromatic rings. The molecule has 20 heavy (non-hydrogen) atoms. The first-order valence-electron chi connectivity index (χ1n) is 5.31. The first-order valence-corrected chi connectivity index (χ1v) is 6.49. The third kappa shape index (κ3) is 3.02. The van der Waals surface area contributed by atoms with Crippen LogP contribution < -0.4 is 0 Å². The van der Waals surface area contributed by atoms with Gasteiger partial charge in [-0.1, -0.05) is 11.6 Å². The van der Waals surface area contributed by atoms with Gasteiger partial charge in [-0.15, -0.1) is 0 Å². The third-order valence-electron chi connectivity index (χ3n) is 2.55. The molecular formula is C13H6BrClF3NO. The fourth-order valence-corrected chi connectivity index (χ4v) is 2.50. The molecular weight excluding hydrogens is 359 g/mol. The second-order valence-electron chi connectivity index (χ2n) is 3.87. The molecule has 0 N–H and O–H groups in total. The molecule has 0 aliphatic carbocycles. The number of aromatic nitrogens is 1. The number of hydrogen-bond donors (Lipinski definition) is 0. The molecule has 1 heterocycles. The number of ketones is 1. The van der Waals surface area contributed by atoms with E-state index in [4.69, 9.17) is 11.6 Å². The predicted octanol–water partition coefficient (Wildman–Crippen LogP) is 4.75. The van der Waals surface area contributed by atoms with Gasteiger partial charge in [0.25, 0.3) is 0 Å². The molecule has 0 amide bonds. The lowest BCUT2D eigenvalue weighted by atomic mass is 10.0. The van der Waals surface area contributed by atoms with Gasteiger partial charge >= 0.3 is 6.18 Å². The van der Waals surface area contributed by atoms with Crippen LogP contribution in [-0.4, -0.2) is 10.8 Å². The molecule has 0 fully saturated rings. The van der Waals surface area contributed by atoms with Crippen molar-refractivity contribution in [3.8, 4) is 0 Å². The van der Waals surface area contributed by atoms with Crippen LogP contribution in [0.3, 0.4) is 0 Å². The van der Waals surface area contributed by atoms with Crippen molar-refractivity contribution in [2.24, 2.45) is 0 Å². The van der Waals surface area contributed by atoms with Gasteiger partial charge in [-0.2, -0.15) is 13.2 Å². The zero-order valence-corrected chi connectivity index (χ0v) is 12.1. The molecule has 0 unspecified atom stereocenters. The molecule has 0 aliphatic heterocycles. The Morgan fingerprint density at radius 1 is 1.20 bits per heavy atom.